The molecule has 2 heteroatoms. The van der Waals surface area contributed by atoms with Gasteiger partial charge in [0.1, 0.15) is 0 Å². The van der Waals surface area contributed by atoms with Crippen molar-refractivity contribution in [1.29, 1.82) is 0 Å². The average Bonchev–Trinajstić information content (AvgIpc) is 3.26. The lowest BCUT2D eigenvalue weighted by molar-refractivity contribution is -0.153. The summed E-state index contributed by atoms with van der Waals surface area (Å²) in [4.78, 5) is 11.1. The van der Waals surface area contributed by atoms with Crippen molar-refractivity contribution in [3.8, 4) is 0 Å². The summed E-state index contributed by atoms with van der Waals surface area (Å²) < 4.78 is 4.86. The second-order valence-electron chi connectivity index (χ2n) is 8.78. The van der Waals surface area contributed by atoms with Gasteiger partial charge in [0.05, 0.1) is 12.0 Å². The van der Waals surface area contributed by atoms with Gasteiger partial charge >= 0.3 is 5.97 Å². The third-order valence-electron chi connectivity index (χ3n) is 7.36. The molecule has 22 heavy (non-hydrogen) atoms. The Bertz CT molecular complexity index is 370. The Balaban J connectivity index is 0.000000135. The molecule has 126 valence electrons. The van der Waals surface area contributed by atoms with E-state index in [-0.39, 0.29) is 11.4 Å². The van der Waals surface area contributed by atoms with E-state index >= 15 is 0 Å². The molecule has 4 bridgehead atoms. The molecule has 0 N–H and O–H groups in total. The molecule has 4 aliphatic carbocycles. The molecule has 0 radical (unpaired) electrons. The minimum atomic E-state index is -0.310. The van der Waals surface area contributed by atoms with Crippen LogP contribution >= 0.6 is 0 Å². The van der Waals surface area contributed by atoms with Crippen LogP contribution < -0.4 is 0 Å². The van der Waals surface area contributed by atoms with E-state index < -0.39 is 0 Å². The second kappa shape index (κ2) is 6.17. The number of carbonyl (C=O) groups is 1. The standard InChI is InChI=1S/C12H18.C8H16O2/c1-2-8-5-7(1)11-9-3-4-10(6-9)12(8)11;1-5-8(3,4)7(9)10-6-2/h7-12H,1-6H2;5-6H2,1-4H3. The van der Waals surface area contributed by atoms with Gasteiger partial charge in [0, 0.05) is 0 Å². The second-order valence-corrected chi connectivity index (χ2v) is 8.78. The number of esters is 1. The minimum absolute atomic E-state index is 0.0995. The van der Waals surface area contributed by atoms with E-state index in [1.165, 1.54) is 35.5 Å². The first kappa shape index (κ1) is 16.3. The maximum absolute atomic E-state index is 11.1. The first-order chi connectivity index (χ1) is 10.5. The summed E-state index contributed by atoms with van der Waals surface area (Å²) in [5, 5.41) is 0. The van der Waals surface area contributed by atoms with Crippen molar-refractivity contribution in [3.63, 3.8) is 0 Å². The molecular weight excluding hydrogens is 272 g/mol. The molecule has 0 spiro atoms. The third kappa shape index (κ3) is 2.71. The molecule has 2 nitrogen and oxygen atoms in total. The Morgan fingerprint density at radius 3 is 1.64 bits per heavy atom. The van der Waals surface area contributed by atoms with Gasteiger partial charge in [-0.2, -0.15) is 0 Å². The van der Waals surface area contributed by atoms with Crippen LogP contribution in [0.3, 0.4) is 0 Å². The van der Waals surface area contributed by atoms with Crippen molar-refractivity contribution < 1.29 is 9.53 Å². The van der Waals surface area contributed by atoms with Crippen LogP contribution in [0.15, 0.2) is 0 Å². The lowest BCUT2D eigenvalue weighted by atomic mass is 9.71. The van der Waals surface area contributed by atoms with Gasteiger partial charge in [-0.3, -0.25) is 4.79 Å². The van der Waals surface area contributed by atoms with Crippen LogP contribution in [-0.2, 0) is 9.53 Å². The molecule has 0 aromatic carbocycles. The number of rotatable bonds is 3. The van der Waals surface area contributed by atoms with Crippen molar-refractivity contribution in [1.82, 2.24) is 0 Å². The summed E-state index contributed by atoms with van der Waals surface area (Å²) >= 11 is 0. The first-order valence-corrected chi connectivity index (χ1v) is 9.65. The third-order valence-corrected chi connectivity index (χ3v) is 7.36. The highest BCUT2D eigenvalue weighted by Gasteiger charge is 2.59. The monoisotopic (exact) mass is 306 g/mol. The summed E-state index contributed by atoms with van der Waals surface area (Å²) in [6.45, 7) is 8.07. The average molecular weight is 306 g/mol. The Morgan fingerprint density at radius 1 is 0.909 bits per heavy atom. The molecule has 0 amide bonds. The van der Waals surface area contributed by atoms with Gasteiger partial charge in [-0.15, -0.1) is 0 Å². The normalized spacial score (nSPS) is 41.1. The SMILES string of the molecule is C1CC2CC1C1C3CCC(C3)C21.CCOC(=O)C(C)(C)CC. The van der Waals surface area contributed by atoms with Gasteiger partial charge in [-0.05, 0) is 101 Å². The molecule has 4 rings (SSSR count). The molecule has 4 aliphatic rings. The van der Waals surface area contributed by atoms with Crippen molar-refractivity contribution in [2.24, 2.45) is 40.9 Å². The topological polar surface area (TPSA) is 26.3 Å². The van der Waals surface area contributed by atoms with E-state index in [0.29, 0.717) is 6.61 Å². The van der Waals surface area contributed by atoms with Gasteiger partial charge in [-0.25, -0.2) is 0 Å². The van der Waals surface area contributed by atoms with Gasteiger partial charge in [-0.1, -0.05) is 6.92 Å². The van der Waals surface area contributed by atoms with Crippen LogP contribution in [0.1, 0.15) is 72.6 Å². The molecule has 4 unspecified atom stereocenters. The summed E-state index contributed by atoms with van der Waals surface area (Å²) in [6, 6.07) is 0. The van der Waals surface area contributed by atoms with Crippen molar-refractivity contribution in [2.75, 3.05) is 6.61 Å². The van der Waals surface area contributed by atoms with Gasteiger partial charge in [0.25, 0.3) is 0 Å². The predicted octanol–water partition coefficient (Wildman–Crippen LogP) is 5.06. The van der Waals surface area contributed by atoms with Crippen LogP contribution in [0.25, 0.3) is 0 Å². The fourth-order valence-electron chi connectivity index (χ4n) is 6.00. The molecule has 0 saturated heterocycles. The van der Waals surface area contributed by atoms with Crippen LogP contribution in [0.4, 0.5) is 0 Å². The Kier molecular flexibility index (Phi) is 4.58. The maximum atomic E-state index is 11.1. The van der Waals surface area contributed by atoms with Crippen molar-refractivity contribution >= 4 is 5.97 Å². The number of carbonyl (C=O) groups excluding carboxylic acids is 1. The van der Waals surface area contributed by atoms with E-state index in [0.717, 1.165) is 6.42 Å². The molecule has 0 heterocycles. The largest absolute Gasteiger partial charge is 0.466 e. The summed E-state index contributed by atoms with van der Waals surface area (Å²) in [5.41, 5.74) is -0.310. The first-order valence-electron chi connectivity index (χ1n) is 9.65. The fourth-order valence-corrected chi connectivity index (χ4v) is 6.00. The van der Waals surface area contributed by atoms with E-state index in [1.807, 2.05) is 27.7 Å². The highest BCUT2D eigenvalue weighted by molar-refractivity contribution is 5.75. The molecule has 0 aromatic heterocycles. The maximum Gasteiger partial charge on any atom is 0.311 e. The van der Waals surface area contributed by atoms with Crippen molar-refractivity contribution in [3.05, 3.63) is 0 Å². The molecule has 4 saturated carbocycles. The zero-order valence-electron chi connectivity index (χ0n) is 14.9. The minimum Gasteiger partial charge on any atom is -0.466 e. The summed E-state index contributed by atoms with van der Waals surface area (Å²) in [7, 11) is 0. The van der Waals surface area contributed by atoms with E-state index in [2.05, 4.69) is 0 Å². The Morgan fingerprint density at radius 2 is 1.32 bits per heavy atom. The zero-order chi connectivity index (χ0) is 15.9. The highest BCUT2D eigenvalue weighted by Crippen LogP contribution is 2.67. The fraction of sp³-hybridized carbons (Fsp3) is 0.950. The van der Waals surface area contributed by atoms with E-state index in [1.54, 1.807) is 38.5 Å². The Hall–Kier alpha value is -0.530. The van der Waals surface area contributed by atoms with E-state index in [4.69, 9.17) is 4.74 Å². The van der Waals surface area contributed by atoms with Crippen LogP contribution in [0.2, 0.25) is 0 Å². The van der Waals surface area contributed by atoms with Crippen molar-refractivity contribution in [2.45, 2.75) is 72.6 Å². The summed E-state index contributed by atoms with van der Waals surface area (Å²) in [6.07, 6.45) is 10.5. The highest BCUT2D eigenvalue weighted by atomic mass is 16.5. The Labute approximate surface area is 136 Å². The predicted molar refractivity (Wildman–Crippen MR) is 89.3 cm³/mol. The number of hydrogen-bond acceptors (Lipinski definition) is 2. The molecule has 0 aliphatic heterocycles. The number of hydrogen-bond donors (Lipinski definition) is 0. The molecular formula is C20H34O2. The van der Waals surface area contributed by atoms with Crippen LogP contribution in [0, 0.1) is 40.9 Å². The molecule has 0 aromatic rings. The number of ether oxygens (including phenoxy) is 1. The van der Waals surface area contributed by atoms with Gasteiger partial charge < -0.3 is 4.74 Å². The van der Waals surface area contributed by atoms with E-state index in [9.17, 15) is 4.79 Å². The molecule has 4 fully saturated rings. The number of fused-ring (bicyclic) bond motifs is 9. The zero-order valence-corrected chi connectivity index (χ0v) is 14.9. The lowest BCUT2D eigenvalue weighted by Crippen LogP contribution is -2.27. The van der Waals surface area contributed by atoms with Crippen LogP contribution in [-0.4, -0.2) is 12.6 Å². The van der Waals surface area contributed by atoms with Gasteiger partial charge in [0.15, 0.2) is 0 Å². The van der Waals surface area contributed by atoms with Gasteiger partial charge in [0.2, 0.25) is 0 Å². The smallest absolute Gasteiger partial charge is 0.311 e. The lowest BCUT2D eigenvalue weighted by Gasteiger charge is -2.34. The molecule has 4 atom stereocenters. The van der Waals surface area contributed by atoms with Crippen LogP contribution in [0.5, 0.6) is 0 Å². The summed E-state index contributed by atoms with van der Waals surface area (Å²) in [5.74, 6) is 7.19. The quantitative estimate of drug-likeness (QED) is 0.538.